The molecule has 1 atom stereocenters. The van der Waals surface area contributed by atoms with Crippen LogP contribution < -0.4 is 5.32 Å². The van der Waals surface area contributed by atoms with Crippen molar-refractivity contribution in [1.29, 1.82) is 0 Å². The molecule has 1 aliphatic carbocycles. The van der Waals surface area contributed by atoms with E-state index in [4.69, 9.17) is 0 Å². The number of nitrogens with zero attached hydrogens (tertiary/aromatic N) is 2. The summed E-state index contributed by atoms with van der Waals surface area (Å²) >= 11 is 0. The van der Waals surface area contributed by atoms with E-state index in [1.165, 1.54) is 58.3 Å². The molecule has 0 bridgehead atoms. The third-order valence-corrected chi connectivity index (χ3v) is 4.71. The van der Waals surface area contributed by atoms with Gasteiger partial charge < -0.3 is 10.2 Å². The largest absolute Gasteiger partial charge is 0.316 e. The fourth-order valence-corrected chi connectivity index (χ4v) is 3.41. The average Bonchev–Trinajstić information content (AvgIpc) is 3.07. The Morgan fingerprint density at radius 2 is 1.44 bits per heavy atom. The molecule has 0 aromatic heterocycles. The number of piperidine rings is 1. The summed E-state index contributed by atoms with van der Waals surface area (Å²) in [5.74, 6) is 0. The molecule has 16 heavy (non-hydrogen) atoms. The third kappa shape index (κ3) is 2.27. The molecule has 2 heterocycles. The van der Waals surface area contributed by atoms with Crippen LogP contribution in [0.15, 0.2) is 0 Å². The van der Waals surface area contributed by atoms with E-state index in [1.807, 2.05) is 0 Å². The first-order valence-corrected chi connectivity index (χ1v) is 7.02. The van der Waals surface area contributed by atoms with E-state index in [2.05, 4.69) is 22.2 Å². The molecule has 3 rings (SSSR count). The molecule has 2 saturated heterocycles. The van der Waals surface area contributed by atoms with Gasteiger partial charge in [0.2, 0.25) is 0 Å². The fraction of sp³-hybridized carbons (Fsp3) is 1.00. The van der Waals surface area contributed by atoms with Gasteiger partial charge in [-0.25, -0.2) is 0 Å². The standard InChI is InChI=1S/C13H25N3/c1-14-11-4-7-16(10-11)13-5-8-15(9-6-13)12-2-3-12/h11-14H,2-10H2,1H3. The Bertz CT molecular complexity index is 231. The Morgan fingerprint density at radius 1 is 0.812 bits per heavy atom. The molecule has 1 N–H and O–H groups in total. The highest BCUT2D eigenvalue weighted by atomic mass is 15.2. The first kappa shape index (κ1) is 11.0. The van der Waals surface area contributed by atoms with Crippen molar-refractivity contribution in [2.24, 2.45) is 0 Å². The number of rotatable bonds is 3. The van der Waals surface area contributed by atoms with E-state index in [9.17, 15) is 0 Å². The molecule has 3 fully saturated rings. The van der Waals surface area contributed by atoms with Crippen molar-refractivity contribution in [3.8, 4) is 0 Å². The van der Waals surface area contributed by atoms with Crippen LogP contribution in [-0.4, -0.2) is 61.2 Å². The molecule has 3 nitrogen and oxygen atoms in total. The average molecular weight is 223 g/mol. The van der Waals surface area contributed by atoms with E-state index in [0.29, 0.717) is 0 Å². The second-order valence-electron chi connectivity index (χ2n) is 5.77. The SMILES string of the molecule is CNC1CCN(C2CCN(C3CC3)CC2)C1. The van der Waals surface area contributed by atoms with E-state index in [-0.39, 0.29) is 0 Å². The molecule has 0 amide bonds. The van der Waals surface area contributed by atoms with Crippen LogP contribution >= 0.6 is 0 Å². The van der Waals surface area contributed by atoms with Crippen LogP contribution in [0.2, 0.25) is 0 Å². The maximum atomic E-state index is 3.42. The van der Waals surface area contributed by atoms with Gasteiger partial charge in [-0.05, 0) is 52.2 Å². The second-order valence-corrected chi connectivity index (χ2v) is 5.77. The summed E-state index contributed by atoms with van der Waals surface area (Å²) < 4.78 is 0. The van der Waals surface area contributed by atoms with E-state index >= 15 is 0 Å². The van der Waals surface area contributed by atoms with Crippen LogP contribution in [0.3, 0.4) is 0 Å². The van der Waals surface area contributed by atoms with Crippen molar-refractivity contribution in [3.63, 3.8) is 0 Å². The summed E-state index contributed by atoms with van der Waals surface area (Å²) in [5, 5.41) is 3.42. The van der Waals surface area contributed by atoms with Crippen LogP contribution in [0.25, 0.3) is 0 Å². The zero-order valence-corrected chi connectivity index (χ0v) is 10.5. The van der Waals surface area contributed by atoms with Crippen LogP contribution in [-0.2, 0) is 0 Å². The number of likely N-dealkylation sites (tertiary alicyclic amines) is 2. The quantitative estimate of drug-likeness (QED) is 0.767. The molecule has 92 valence electrons. The molecule has 0 aromatic rings. The minimum Gasteiger partial charge on any atom is -0.316 e. The van der Waals surface area contributed by atoms with Crippen LogP contribution in [0.5, 0.6) is 0 Å². The monoisotopic (exact) mass is 223 g/mol. The first-order chi connectivity index (χ1) is 7.86. The molecule has 3 heteroatoms. The smallest absolute Gasteiger partial charge is 0.0204 e. The highest BCUT2D eigenvalue weighted by Gasteiger charge is 2.34. The summed E-state index contributed by atoms with van der Waals surface area (Å²) in [6, 6.07) is 2.61. The summed E-state index contributed by atoms with van der Waals surface area (Å²) in [5.41, 5.74) is 0. The highest BCUT2D eigenvalue weighted by Crippen LogP contribution is 2.31. The Labute approximate surface area is 99.2 Å². The minimum absolute atomic E-state index is 0.751. The Kier molecular flexibility index (Phi) is 3.18. The molecule has 3 aliphatic rings. The van der Waals surface area contributed by atoms with Crippen LogP contribution in [0, 0.1) is 0 Å². The molecule has 2 aliphatic heterocycles. The molecule has 0 spiro atoms. The Balaban J connectivity index is 1.46. The van der Waals surface area contributed by atoms with Crippen LogP contribution in [0.1, 0.15) is 32.1 Å². The minimum atomic E-state index is 0.751. The maximum absolute atomic E-state index is 3.42. The summed E-state index contributed by atoms with van der Waals surface area (Å²) in [6.07, 6.45) is 7.10. The number of likely N-dealkylation sites (N-methyl/N-ethyl adjacent to an activating group) is 1. The molecule has 0 aromatic carbocycles. The zero-order valence-electron chi connectivity index (χ0n) is 10.5. The molecule has 1 saturated carbocycles. The van der Waals surface area contributed by atoms with Gasteiger partial charge in [0, 0.05) is 31.2 Å². The third-order valence-electron chi connectivity index (χ3n) is 4.71. The lowest BCUT2D eigenvalue weighted by atomic mass is 10.0. The van der Waals surface area contributed by atoms with Gasteiger partial charge >= 0.3 is 0 Å². The van der Waals surface area contributed by atoms with Gasteiger partial charge in [0.15, 0.2) is 0 Å². The van der Waals surface area contributed by atoms with Crippen molar-refractivity contribution < 1.29 is 0 Å². The predicted molar refractivity (Wildman–Crippen MR) is 66.7 cm³/mol. The van der Waals surface area contributed by atoms with Gasteiger partial charge in [-0.15, -0.1) is 0 Å². The Hall–Kier alpha value is -0.120. The number of hydrogen-bond acceptors (Lipinski definition) is 3. The van der Waals surface area contributed by atoms with Crippen molar-refractivity contribution in [2.75, 3.05) is 33.2 Å². The topological polar surface area (TPSA) is 18.5 Å². The number of hydrogen-bond donors (Lipinski definition) is 1. The fourth-order valence-electron chi connectivity index (χ4n) is 3.41. The second kappa shape index (κ2) is 4.63. The van der Waals surface area contributed by atoms with E-state index in [0.717, 1.165) is 18.1 Å². The van der Waals surface area contributed by atoms with Crippen LogP contribution in [0.4, 0.5) is 0 Å². The van der Waals surface area contributed by atoms with Gasteiger partial charge in [-0.3, -0.25) is 4.90 Å². The first-order valence-electron chi connectivity index (χ1n) is 7.02. The van der Waals surface area contributed by atoms with Gasteiger partial charge in [0.1, 0.15) is 0 Å². The Morgan fingerprint density at radius 3 is 2.00 bits per heavy atom. The zero-order chi connectivity index (χ0) is 11.0. The van der Waals surface area contributed by atoms with Crippen molar-refractivity contribution in [3.05, 3.63) is 0 Å². The van der Waals surface area contributed by atoms with E-state index in [1.54, 1.807) is 0 Å². The van der Waals surface area contributed by atoms with Gasteiger partial charge in [0.05, 0.1) is 0 Å². The lowest BCUT2D eigenvalue weighted by molar-refractivity contribution is 0.120. The predicted octanol–water partition coefficient (Wildman–Crippen LogP) is 0.907. The summed E-state index contributed by atoms with van der Waals surface area (Å²) in [4.78, 5) is 5.45. The van der Waals surface area contributed by atoms with Gasteiger partial charge in [-0.2, -0.15) is 0 Å². The van der Waals surface area contributed by atoms with Crippen molar-refractivity contribution in [2.45, 2.75) is 50.2 Å². The van der Waals surface area contributed by atoms with Gasteiger partial charge in [0.25, 0.3) is 0 Å². The van der Waals surface area contributed by atoms with Crippen molar-refractivity contribution >= 4 is 0 Å². The van der Waals surface area contributed by atoms with E-state index < -0.39 is 0 Å². The molecule has 1 unspecified atom stereocenters. The highest BCUT2D eigenvalue weighted by molar-refractivity contribution is 4.92. The normalized spacial score (nSPS) is 34.7. The number of nitrogens with one attached hydrogen (secondary N) is 1. The maximum Gasteiger partial charge on any atom is 0.0204 e. The van der Waals surface area contributed by atoms with Gasteiger partial charge in [-0.1, -0.05) is 0 Å². The lowest BCUT2D eigenvalue weighted by Gasteiger charge is -2.36. The summed E-state index contributed by atoms with van der Waals surface area (Å²) in [7, 11) is 2.10. The van der Waals surface area contributed by atoms with Crippen molar-refractivity contribution in [1.82, 2.24) is 15.1 Å². The molecule has 0 radical (unpaired) electrons. The lowest BCUT2D eigenvalue weighted by Crippen LogP contribution is -2.45. The molecular weight excluding hydrogens is 198 g/mol. The summed E-state index contributed by atoms with van der Waals surface area (Å²) in [6.45, 7) is 5.32. The molecular formula is C13H25N3.